The lowest BCUT2D eigenvalue weighted by atomic mass is 9.74. The molecule has 1 aromatic carbocycles. The number of imide groups is 1. The minimum Gasteiger partial charge on any atom is -0.395 e. The highest BCUT2D eigenvalue weighted by molar-refractivity contribution is 6.12. The Balaban J connectivity index is 1.71. The molecule has 3 heterocycles. The fraction of sp³-hybridized carbons (Fsp3) is 0.545. The molecule has 30 heavy (non-hydrogen) atoms. The lowest BCUT2D eigenvalue weighted by Gasteiger charge is -2.49. The third kappa shape index (κ3) is 2.43. The number of amides is 4. The highest BCUT2D eigenvalue weighted by atomic mass is 16.3. The number of hydrogen-bond donors (Lipinski definition) is 1. The molecule has 4 amide bonds. The zero-order valence-corrected chi connectivity index (χ0v) is 16.9. The van der Waals surface area contributed by atoms with Crippen molar-refractivity contribution in [2.45, 2.75) is 30.8 Å². The Hall–Kier alpha value is -2.74. The molecule has 158 valence electrons. The molecule has 3 saturated heterocycles. The second-order valence-corrected chi connectivity index (χ2v) is 8.87. The van der Waals surface area contributed by atoms with Gasteiger partial charge in [0.25, 0.3) is 0 Å². The SMILES string of the molecule is CN1C(=O)C2C(C3CC3)N3C(=O)CN(CCO)C(=O)[C@@]3(Cc3ccccc3)C2C1=O. The molecule has 4 aliphatic rings. The second kappa shape index (κ2) is 6.63. The summed E-state index contributed by atoms with van der Waals surface area (Å²) in [7, 11) is 1.47. The van der Waals surface area contributed by atoms with Crippen molar-refractivity contribution in [3.05, 3.63) is 35.9 Å². The van der Waals surface area contributed by atoms with Crippen LogP contribution in [0.5, 0.6) is 0 Å². The zero-order chi connectivity index (χ0) is 21.2. The summed E-state index contributed by atoms with van der Waals surface area (Å²) in [6.07, 6.45) is 1.95. The van der Waals surface area contributed by atoms with E-state index in [1.807, 2.05) is 30.3 Å². The van der Waals surface area contributed by atoms with Gasteiger partial charge in [-0.25, -0.2) is 0 Å². The van der Waals surface area contributed by atoms with Gasteiger partial charge in [-0.15, -0.1) is 0 Å². The number of carbonyl (C=O) groups is 4. The summed E-state index contributed by atoms with van der Waals surface area (Å²) in [5.41, 5.74) is -0.596. The van der Waals surface area contributed by atoms with E-state index in [0.29, 0.717) is 0 Å². The van der Waals surface area contributed by atoms with E-state index in [0.717, 1.165) is 23.3 Å². The van der Waals surface area contributed by atoms with Gasteiger partial charge in [0.05, 0.1) is 25.0 Å². The molecule has 3 unspecified atom stereocenters. The highest BCUT2D eigenvalue weighted by Gasteiger charge is 2.75. The van der Waals surface area contributed by atoms with Gasteiger partial charge in [-0.3, -0.25) is 24.1 Å². The monoisotopic (exact) mass is 411 g/mol. The van der Waals surface area contributed by atoms with E-state index in [1.54, 1.807) is 4.90 Å². The van der Waals surface area contributed by atoms with Gasteiger partial charge >= 0.3 is 0 Å². The number of nitrogens with zero attached hydrogens (tertiary/aromatic N) is 3. The van der Waals surface area contributed by atoms with Crippen molar-refractivity contribution in [3.63, 3.8) is 0 Å². The Morgan fingerprint density at radius 3 is 2.40 bits per heavy atom. The van der Waals surface area contributed by atoms with E-state index in [9.17, 15) is 24.3 Å². The number of piperazine rings is 1. The van der Waals surface area contributed by atoms with Crippen LogP contribution in [0, 0.1) is 17.8 Å². The first-order chi connectivity index (χ1) is 14.4. The Bertz CT molecular complexity index is 930. The molecule has 8 nitrogen and oxygen atoms in total. The maximum atomic E-state index is 13.9. The topological polar surface area (TPSA) is 98.2 Å². The van der Waals surface area contributed by atoms with Crippen LogP contribution in [0.15, 0.2) is 30.3 Å². The number of likely N-dealkylation sites (tertiary alicyclic amines) is 1. The standard InChI is InChI=1S/C22H25N3O5/c1-23-19(28)16-17(20(23)29)22(11-13-5-3-2-4-6-13)21(30)24(9-10-26)12-15(27)25(22)18(16)14-7-8-14/h2-6,14,16-18,26H,7-12H2,1H3/t16?,17?,18?,22-/m1/s1. The first-order valence-electron chi connectivity index (χ1n) is 10.5. The maximum Gasteiger partial charge on any atom is 0.250 e. The van der Waals surface area contributed by atoms with Crippen molar-refractivity contribution in [3.8, 4) is 0 Å². The van der Waals surface area contributed by atoms with Crippen LogP contribution in [0.2, 0.25) is 0 Å². The molecular formula is C22H25N3O5. The summed E-state index contributed by atoms with van der Waals surface area (Å²) in [4.78, 5) is 57.8. The minimum absolute atomic E-state index is 0.0262. The van der Waals surface area contributed by atoms with Crippen LogP contribution in [0.4, 0.5) is 0 Å². The van der Waals surface area contributed by atoms with Crippen molar-refractivity contribution >= 4 is 23.6 Å². The predicted molar refractivity (Wildman–Crippen MR) is 105 cm³/mol. The van der Waals surface area contributed by atoms with E-state index in [-0.39, 0.29) is 55.7 Å². The molecule has 0 radical (unpaired) electrons. The number of rotatable bonds is 5. The van der Waals surface area contributed by atoms with Crippen LogP contribution in [0.1, 0.15) is 18.4 Å². The number of β-amino-alcohol motifs (C(OH)–C–C–N with tert-alkyl or cyclic N) is 1. The molecule has 0 bridgehead atoms. The van der Waals surface area contributed by atoms with Crippen molar-refractivity contribution in [1.82, 2.24) is 14.7 Å². The van der Waals surface area contributed by atoms with Crippen molar-refractivity contribution in [2.75, 3.05) is 26.7 Å². The van der Waals surface area contributed by atoms with E-state index < -0.39 is 23.4 Å². The molecule has 5 rings (SSSR count). The number of aliphatic hydroxyl groups is 1. The number of aliphatic hydroxyl groups excluding tert-OH is 1. The third-order valence-electron chi connectivity index (χ3n) is 7.23. The fourth-order valence-electron chi connectivity index (χ4n) is 5.89. The molecule has 1 saturated carbocycles. The van der Waals surface area contributed by atoms with Crippen molar-refractivity contribution in [2.24, 2.45) is 17.8 Å². The van der Waals surface area contributed by atoms with Gasteiger partial charge < -0.3 is 14.9 Å². The van der Waals surface area contributed by atoms with E-state index in [4.69, 9.17) is 0 Å². The van der Waals surface area contributed by atoms with Crippen LogP contribution in [0.3, 0.4) is 0 Å². The van der Waals surface area contributed by atoms with E-state index >= 15 is 0 Å². The normalized spacial score (nSPS) is 33.4. The van der Waals surface area contributed by atoms with Gasteiger partial charge in [-0.05, 0) is 24.3 Å². The zero-order valence-electron chi connectivity index (χ0n) is 16.9. The summed E-state index contributed by atoms with van der Waals surface area (Å²) in [5.74, 6) is -2.69. The number of hydrogen-bond acceptors (Lipinski definition) is 5. The minimum atomic E-state index is -1.43. The number of carbonyl (C=O) groups excluding carboxylic acids is 4. The summed E-state index contributed by atoms with van der Waals surface area (Å²) in [6, 6.07) is 8.91. The summed E-state index contributed by atoms with van der Waals surface area (Å²) >= 11 is 0. The molecule has 8 heteroatoms. The fourth-order valence-corrected chi connectivity index (χ4v) is 5.89. The third-order valence-corrected chi connectivity index (χ3v) is 7.23. The first-order valence-corrected chi connectivity index (χ1v) is 10.5. The average Bonchev–Trinajstić information content (AvgIpc) is 3.49. The Labute approximate surface area is 174 Å². The molecule has 4 fully saturated rings. The van der Waals surface area contributed by atoms with Crippen LogP contribution >= 0.6 is 0 Å². The van der Waals surface area contributed by atoms with Crippen molar-refractivity contribution < 1.29 is 24.3 Å². The molecule has 0 spiro atoms. The second-order valence-electron chi connectivity index (χ2n) is 8.87. The maximum absolute atomic E-state index is 13.9. The Kier molecular flexibility index (Phi) is 4.25. The smallest absolute Gasteiger partial charge is 0.250 e. The van der Waals surface area contributed by atoms with Gasteiger partial charge in [0, 0.05) is 26.1 Å². The molecule has 1 aromatic rings. The summed E-state index contributed by atoms with van der Waals surface area (Å²) < 4.78 is 0. The van der Waals surface area contributed by atoms with E-state index in [1.165, 1.54) is 11.9 Å². The summed E-state index contributed by atoms with van der Waals surface area (Å²) in [5, 5.41) is 9.46. The average molecular weight is 411 g/mol. The molecule has 1 N–H and O–H groups in total. The van der Waals surface area contributed by atoms with Crippen LogP contribution < -0.4 is 0 Å². The first kappa shape index (κ1) is 19.2. The Morgan fingerprint density at radius 2 is 1.77 bits per heavy atom. The molecule has 3 aliphatic heterocycles. The molecular weight excluding hydrogens is 386 g/mol. The number of fused-ring (bicyclic) bond motifs is 3. The molecule has 4 atom stereocenters. The molecule has 1 aliphatic carbocycles. The van der Waals surface area contributed by atoms with Gasteiger partial charge in [-0.2, -0.15) is 0 Å². The van der Waals surface area contributed by atoms with Gasteiger partial charge in [0.2, 0.25) is 23.6 Å². The van der Waals surface area contributed by atoms with Crippen molar-refractivity contribution in [1.29, 1.82) is 0 Å². The highest BCUT2D eigenvalue weighted by Crippen LogP contribution is 2.57. The lowest BCUT2D eigenvalue weighted by Crippen LogP contribution is -2.71. The predicted octanol–water partition coefficient (Wildman–Crippen LogP) is -0.346. The quantitative estimate of drug-likeness (QED) is 0.668. The van der Waals surface area contributed by atoms with Crippen LogP contribution in [-0.4, -0.2) is 81.8 Å². The van der Waals surface area contributed by atoms with Crippen LogP contribution in [0.25, 0.3) is 0 Å². The molecule has 0 aromatic heterocycles. The van der Waals surface area contributed by atoms with Crippen LogP contribution in [-0.2, 0) is 25.6 Å². The van der Waals surface area contributed by atoms with E-state index in [2.05, 4.69) is 0 Å². The Morgan fingerprint density at radius 1 is 1.07 bits per heavy atom. The van der Waals surface area contributed by atoms with Gasteiger partial charge in [0.15, 0.2) is 0 Å². The number of benzene rings is 1. The van der Waals surface area contributed by atoms with Gasteiger partial charge in [-0.1, -0.05) is 30.3 Å². The van der Waals surface area contributed by atoms with Gasteiger partial charge in [0.1, 0.15) is 5.54 Å². The summed E-state index contributed by atoms with van der Waals surface area (Å²) in [6.45, 7) is -0.372. The largest absolute Gasteiger partial charge is 0.395 e. The lowest BCUT2D eigenvalue weighted by molar-refractivity contribution is -0.169.